The van der Waals surface area contributed by atoms with Crippen molar-refractivity contribution in [3.8, 4) is 0 Å². The number of methoxy groups -OCH3 is 1. The minimum absolute atomic E-state index is 0.261. The molecule has 2 aromatic heterocycles. The maximum Gasteiger partial charge on any atom is 0.374 e. The van der Waals surface area contributed by atoms with Gasteiger partial charge in [0.1, 0.15) is 0 Å². The number of hydrogen-bond acceptors (Lipinski definition) is 6. The number of nitrogens with zero attached hydrogens (tertiary/aromatic N) is 1. The molecular formula is C13H16N2O3S. The molecule has 5 nitrogen and oxygen atoms in total. The third-order valence-corrected chi connectivity index (χ3v) is 3.76. The Labute approximate surface area is 115 Å². The summed E-state index contributed by atoms with van der Waals surface area (Å²) >= 11 is 1.65. The summed E-state index contributed by atoms with van der Waals surface area (Å²) in [6.07, 6.45) is 3.30. The van der Waals surface area contributed by atoms with Crippen molar-refractivity contribution in [2.75, 3.05) is 13.7 Å². The fraction of sp³-hybridized carbons (Fsp3) is 0.385. The summed E-state index contributed by atoms with van der Waals surface area (Å²) in [5, 5.41) is 6.37. The van der Waals surface area contributed by atoms with Crippen LogP contribution >= 0.6 is 11.3 Å². The molecule has 0 saturated carbocycles. The van der Waals surface area contributed by atoms with Crippen molar-refractivity contribution in [2.45, 2.75) is 19.4 Å². The lowest BCUT2D eigenvalue weighted by molar-refractivity contribution is 0.0563. The number of ether oxygens (including phenoxy) is 1. The van der Waals surface area contributed by atoms with Crippen molar-refractivity contribution in [3.05, 3.63) is 40.2 Å². The van der Waals surface area contributed by atoms with E-state index < -0.39 is 5.97 Å². The molecule has 2 heterocycles. The molecule has 0 bridgehead atoms. The van der Waals surface area contributed by atoms with E-state index in [-0.39, 0.29) is 5.76 Å². The van der Waals surface area contributed by atoms with Gasteiger partial charge < -0.3 is 14.5 Å². The Balaban J connectivity index is 1.86. The van der Waals surface area contributed by atoms with Crippen LogP contribution in [-0.4, -0.2) is 24.6 Å². The molecule has 0 radical (unpaired) electrons. The van der Waals surface area contributed by atoms with E-state index in [1.165, 1.54) is 13.4 Å². The second-order valence-electron chi connectivity index (χ2n) is 4.17. The average Bonchev–Trinajstić information content (AvgIpc) is 3.08. The molecule has 2 rings (SSSR count). The Morgan fingerprint density at radius 1 is 1.63 bits per heavy atom. The van der Waals surface area contributed by atoms with Crippen LogP contribution in [0.1, 0.15) is 34.0 Å². The van der Waals surface area contributed by atoms with Gasteiger partial charge in [-0.1, -0.05) is 6.92 Å². The highest BCUT2D eigenvalue weighted by molar-refractivity contribution is 7.09. The molecule has 0 aliphatic carbocycles. The molecule has 0 amide bonds. The number of nitrogens with one attached hydrogen (secondary N) is 1. The van der Waals surface area contributed by atoms with E-state index in [2.05, 4.69) is 22.0 Å². The molecule has 0 fully saturated rings. The van der Waals surface area contributed by atoms with Crippen LogP contribution < -0.4 is 5.32 Å². The van der Waals surface area contributed by atoms with Gasteiger partial charge in [-0.25, -0.2) is 9.78 Å². The third-order valence-electron chi connectivity index (χ3n) is 2.76. The number of thiazole rings is 1. The number of aromatic nitrogens is 1. The first-order valence-corrected chi connectivity index (χ1v) is 6.85. The molecule has 0 aliphatic rings. The fourth-order valence-corrected chi connectivity index (χ4v) is 2.43. The van der Waals surface area contributed by atoms with Crippen molar-refractivity contribution in [2.24, 2.45) is 0 Å². The molecule has 0 aliphatic heterocycles. The van der Waals surface area contributed by atoms with E-state index in [1.807, 2.05) is 11.6 Å². The van der Waals surface area contributed by atoms with Crippen molar-refractivity contribution < 1.29 is 13.9 Å². The fourth-order valence-electron chi connectivity index (χ4n) is 1.74. The zero-order valence-electron chi connectivity index (χ0n) is 10.9. The van der Waals surface area contributed by atoms with E-state index in [9.17, 15) is 4.79 Å². The van der Waals surface area contributed by atoms with Crippen molar-refractivity contribution in [3.63, 3.8) is 0 Å². The summed E-state index contributed by atoms with van der Waals surface area (Å²) in [7, 11) is 1.34. The summed E-state index contributed by atoms with van der Waals surface area (Å²) in [4.78, 5) is 15.7. The molecular weight excluding hydrogens is 264 g/mol. The van der Waals surface area contributed by atoms with E-state index in [0.29, 0.717) is 12.5 Å². The number of furan rings is 1. The smallest absolute Gasteiger partial charge is 0.374 e. The van der Waals surface area contributed by atoms with Gasteiger partial charge in [-0.2, -0.15) is 0 Å². The number of carbonyl (C=O) groups excluding carboxylic acids is 1. The molecule has 0 aromatic carbocycles. The van der Waals surface area contributed by atoms with E-state index >= 15 is 0 Å². The zero-order valence-corrected chi connectivity index (χ0v) is 11.7. The van der Waals surface area contributed by atoms with Crippen LogP contribution in [0.4, 0.5) is 0 Å². The van der Waals surface area contributed by atoms with Gasteiger partial charge in [-0.15, -0.1) is 11.3 Å². The zero-order chi connectivity index (χ0) is 13.7. The number of rotatable bonds is 6. The Morgan fingerprint density at radius 3 is 3.16 bits per heavy atom. The van der Waals surface area contributed by atoms with Crippen LogP contribution in [0.5, 0.6) is 0 Å². The quantitative estimate of drug-likeness (QED) is 0.823. The first-order chi connectivity index (χ1) is 9.22. The predicted octanol–water partition coefficient (Wildman–Crippen LogP) is 2.42. The van der Waals surface area contributed by atoms with Gasteiger partial charge in [0.25, 0.3) is 0 Å². The van der Waals surface area contributed by atoms with Crippen molar-refractivity contribution in [1.82, 2.24) is 10.3 Å². The monoisotopic (exact) mass is 280 g/mol. The molecule has 1 unspecified atom stereocenters. The minimum atomic E-state index is -0.449. The number of carbonyl (C=O) groups is 1. The first kappa shape index (κ1) is 13.8. The number of esters is 1. The Bertz CT molecular complexity index is 522. The summed E-state index contributed by atoms with van der Waals surface area (Å²) in [6.45, 7) is 3.47. The van der Waals surface area contributed by atoms with Crippen LogP contribution in [0.25, 0.3) is 0 Å². The third kappa shape index (κ3) is 3.42. The van der Waals surface area contributed by atoms with Gasteiger partial charge >= 0.3 is 5.97 Å². The molecule has 2 aromatic rings. The largest absolute Gasteiger partial charge is 0.463 e. The van der Waals surface area contributed by atoms with E-state index in [0.717, 1.165) is 17.1 Å². The summed E-state index contributed by atoms with van der Waals surface area (Å²) < 4.78 is 9.78. The summed E-state index contributed by atoms with van der Waals surface area (Å²) in [6, 6.07) is 1.77. The standard InChI is InChI=1S/C13H16N2O3S/c1-9(12-15-4-6-19-12)7-14-8-10-3-5-18-11(10)13(16)17-2/h3-6,9,14H,7-8H2,1-2H3. The lowest BCUT2D eigenvalue weighted by Gasteiger charge is -2.09. The molecule has 6 heteroatoms. The van der Waals surface area contributed by atoms with Gasteiger partial charge in [0.05, 0.1) is 18.4 Å². The van der Waals surface area contributed by atoms with E-state index in [1.54, 1.807) is 17.4 Å². The lowest BCUT2D eigenvalue weighted by atomic mass is 10.2. The predicted molar refractivity (Wildman–Crippen MR) is 72.3 cm³/mol. The van der Waals surface area contributed by atoms with Crippen molar-refractivity contribution >= 4 is 17.3 Å². The second-order valence-corrected chi connectivity index (χ2v) is 5.09. The molecule has 0 spiro atoms. The molecule has 19 heavy (non-hydrogen) atoms. The van der Waals surface area contributed by atoms with Crippen LogP contribution in [0.15, 0.2) is 28.3 Å². The van der Waals surface area contributed by atoms with Crippen LogP contribution in [0.3, 0.4) is 0 Å². The highest BCUT2D eigenvalue weighted by Crippen LogP contribution is 2.17. The molecule has 0 saturated heterocycles. The maximum atomic E-state index is 11.4. The second kappa shape index (κ2) is 6.49. The Kier molecular flexibility index (Phi) is 4.70. The van der Waals surface area contributed by atoms with Gasteiger partial charge in [-0.05, 0) is 6.07 Å². The lowest BCUT2D eigenvalue weighted by Crippen LogP contribution is -2.20. The highest BCUT2D eigenvalue weighted by atomic mass is 32.1. The van der Waals surface area contributed by atoms with Crippen LogP contribution in [0.2, 0.25) is 0 Å². The Morgan fingerprint density at radius 2 is 2.47 bits per heavy atom. The molecule has 102 valence electrons. The van der Waals surface area contributed by atoms with Gasteiger partial charge in [0.15, 0.2) is 0 Å². The SMILES string of the molecule is COC(=O)c1occc1CNCC(C)c1nccs1. The topological polar surface area (TPSA) is 64.4 Å². The first-order valence-electron chi connectivity index (χ1n) is 5.97. The summed E-state index contributed by atoms with van der Waals surface area (Å²) in [5.41, 5.74) is 0.804. The Hall–Kier alpha value is -1.66. The van der Waals surface area contributed by atoms with Crippen LogP contribution in [0, 0.1) is 0 Å². The molecule has 1 N–H and O–H groups in total. The van der Waals surface area contributed by atoms with E-state index in [4.69, 9.17) is 4.42 Å². The maximum absolute atomic E-state index is 11.4. The normalized spacial score (nSPS) is 12.3. The number of hydrogen-bond donors (Lipinski definition) is 1. The highest BCUT2D eigenvalue weighted by Gasteiger charge is 2.15. The average molecular weight is 280 g/mol. The van der Waals surface area contributed by atoms with Crippen molar-refractivity contribution in [1.29, 1.82) is 0 Å². The molecule has 1 atom stereocenters. The van der Waals surface area contributed by atoms with Gasteiger partial charge in [0.2, 0.25) is 5.76 Å². The minimum Gasteiger partial charge on any atom is -0.463 e. The van der Waals surface area contributed by atoms with Gasteiger partial charge in [-0.3, -0.25) is 0 Å². The van der Waals surface area contributed by atoms with Crippen LogP contribution in [-0.2, 0) is 11.3 Å². The van der Waals surface area contributed by atoms with Gasteiger partial charge in [0, 0.05) is 36.1 Å². The summed E-state index contributed by atoms with van der Waals surface area (Å²) in [5.74, 6) is 0.153.